The van der Waals surface area contributed by atoms with Crippen molar-refractivity contribution in [1.29, 1.82) is 0 Å². The highest BCUT2D eigenvalue weighted by atomic mass is 16.2. The number of carbonyl (C=O) groups excluding carboxylic acids is 1. The number of hydrogen-bond donors (Lipinski definition) is 1. The zero-order chi connectivity index (χ0) is 15.3. The van der Waals surface area contributed by atoms with E-state index in [1.165, 1.54) is 5.56 Å². The van der Waals surface area contributed by atoms with Crippen LogP contribution in [0.1, 0.15) is 52.0 Å². The van der Waals surface area contributed by atoms with Crippen LogP contribution in [0.4, 0.5) is 5.69 Å². The number of amides is 1. The monoisotopic (exact) mass is 276 g/mol. The van der Waals surface area contributed by atoms with E-state index in [4.69, 9.17) is 5.73 Å². The first kappa shape index (κ1) is 16.5. The molecule has 0 radical (unpaired) electrons. The number of benzene rings is 1. The Labute approximate surface area is 123 Å². The van der Waals surface area contributed by atoms with Gasteiger partial charge in [0, 0.05) is 31.6 Å². The maximum absolute atomic E-state index is 12.2. The van der Waals surface area contributed by atoms with Crippen LogP contribution in [0.15, 0.2) is 24.3 Å². The molecule has 1 atom stereocenters. The predicted octanol–water partition coefficient (Wildman–Crippen LogP) is 3.66. The van der Waals surface area contributed by atoms with Crippen LogP contribution in [0.25, 0.3) is 0 Å². The standard InChI is InChI=1S/C17H28N2O/c1-6-13(14-7-9-15(18)10-8-14)12-19(5)16(20)11-17(2,3)4/h7-10,13H,6,11-12,18H2,1-5H3. The summed E-state index contributed by atoms with van der Waals surface area (Å²) in [6.45, 7) is 9.19. The Kier molecular flexibility index (Phi) is 5.61. The lowest BCUT2D eigenvalue weighted by Gasteiger charge is -2.27. The smallest absolute Gasteiger partial charge is 0.222 e. The number of nitrogen functional groups attached to an aromatic ring is 1. The summed E-state index contributed by atoms with van der Waals surface area (Å²) >= 11 is 0. The van der Waals surface area contributed by atoms with Gasteiger partial charge in [-0.15, -0.1) is 0 Å². The number of nitrogens with two attached hydrogens (primary N) is 1. The van der Waals surface area contributed by atoms with Gasteiger partial charge in [-0.25, -0.2) is 0 Å². The van der Waals surface area contributed by atoms with Crippen LogP contribution in [0, 0.1) is 5.41 Å². The van der Waals surface area contributed by atoms with Crippen molar-refractivity contribution in [2.75, 3.05) is 19.3 Å². The Bertz CT molecular complexity index is 431. The Hall–Kier alpha value is -1.51. The van der Waals surface area contributed by atoms with E-state index in [1.54, 1.807) is 0 Å². The molecule has 20 heavy (non-hydrogen) atoms. The first-order valence-corrected chi connectivity index (χ1v) is 7.32. The number of rotatable bonds is 5. The second-order valence-corrected chi connectivity index (χ2v) is 6.78. The summed E-state index contributed by atoms with van der Waals surface area (Å²) in [4.78, 5) is 14.1. The van der Waals surface area contributed by atoms with Crippen molar-refractivity contribution in [3.63, 3.8) is 0 Å². The second-order valence-electron chi connectivity index (χ2n) is 6.78. The van der Waals surface area contributed by atoms with Gasteiger partial charge in [0.05, 0.1) is 0 Å². The van der Waals surface area contributed by atoms with E-state index in [1.807, 2.05) is 24.1 Å². The van der Waals surface area contributed by atoms with Gasteiger partial charge in [0.15, 0.2) is 0 Å². The molecule has 112 valence electrons. The summed E-state index contributed by atoms with van der Waals surface area (Å²) in [7, 11) is 1.90. The number of hydrogen-bond acceptors (Lipinski definition) is 2. The molecule has 0 aromatic heterocycles. The summed E-state index contributed by atoms with van der Waals surface area (Å²) in [5, 5.41) is 0. The average molecular weight is 276 g/mol. The number of nitrogens with zero attached hydrogens (tertiary/aromatic N) is 1. The maximum Gasteiger partial charge on any atom is 0.222 e. The van der Waals surface area contributed by atoms with Gasteiger partial charge >= 0.3 is 0 Å². The zero-order valence-corrected chi connectivity index (χ0v) is 13.4. The summed E-state index contributed by atoms with van der Waals surface area (Å²) in [6, 6.07) is 7.97. The van der Waals surface area contributed by atoms with E-state index in [0.29, 0.717) is 12.3 Å². The van der Waals surface area contributed by atoms with Crippen LogP contribution >= 0.6 is 0 Å². The molecule has 0 spiro atoms. The third-order valence-electron chi connectivity index (χ3n) is 3.50. The highest BCUT2D eigenvalue weighted by molar-refractivity contribution is 5.76. The van der Waals surface area contributed by atoms with Gasteiger partial charge in [-0.2, -0.15) is 0 Å². The van der Waals surface area contributed by atoms with Crippen LogP contribution in [-0.4, -0.2) is 24.4 Å². The molecule has 0 aliphatic carbocycles. The molecule has 1 rings (SSSR count). The molecular formula is C17H28N2O. The molecule has 1 amide bonds. The van der Waals surface area contributed by atoms with Crippen molar-refractivity contribution in [1.82, 2.24) is 4.90 Å². The van der Waals surface area contributed by atoms with Gasteiger partial charge in [-0.3, -0.25) is 4.79 Å². The summed E-state index contributed by atoms with van der Waals surface area (Å²) < 4.78 is 0. The third kappa shape index (κ3) is 5.24. The summed E-state index contributed by atoms with van der Waals surface area (Å²) in [5.74, 6) is 0.580. The Morgan fingerprint density at radius 1 is 1.25 bits per heavy atom. The molecule has 0 saturated carbocycles. The van der Waals surface area contributed by atoms with E-state index in [0.717, 1.165) is 18.7 Å². The lowest BCUT2D eigenvalue weighted by molar-refractivity contribution is -0.132. The lowest BCUT2D eigenvalue weighted by atomic mass is 9.91. The molecule has 0 saturated heterocycles. The molecule has 3 heteroatoms. The lowest BCUT2D eigenvalue weighted by Crippen LogP contribution is -2.33. The fourth-order valence-electron chi connectivity index (χ4n) is 2.26. The van der Waals surface area contributed by atoms with Gasteiger partial charge in [0.2, 0.25) is 5.91 Å². The minimum absolute atomic E-state index is 0.0360. The van der Waals surface area contributed by atoms with Crippen LogP contribution in [0.3, 0.4) is 0 Å². The Morgan fingerprint density at radius 2 is 1.80 bits per heavy atom. The first-order chi connectivity index (χ1) is 9.23. The van der Waals surface area contributed by atoms with Crippen molar-refractivity contribution in [2.45, 2.75) is 46.5 Å². The van der Waals surface area contributed by atoms with E-state index in [-0.39, 0.29) is 11.3 Å². The largest absolute Gasteiger partial charge is 0.399 e. The van der Waals surface area contributed by atoms with Crippen molar-refractivity contribution >= 4 is 11.6 Å². The topological polar surface area (TPSA) is 46.3 Å². The van der Waals surface area contributed by atoms with Gasteiger partial charge < -0.3 is 10.6 Å². The molecule has 2 N–H and O–H groups in total. The zero-order valence-electron chi connectivity index (χ0n) is 13.4. The first-order valence-electron chi connectivity index (χ1n) is 7.32. The van der Waals surface area contributed by atoms with Gasteiger partial charge in [0.1, 0.15) is 0 Å². The minimum Gasteiger partial charge on any atom is -0.399 e. The fraction of sp³-hybridized carbons (Fsp3) is 0.588. The molecule has 1 aromatic carbocycles. The second kappa shape index (κ2) is 6.78. The molecule has 0 heterocycles. The number of anilines is 1. The van der Waals surface area contributed by atoms with E-state index in [2.05, 4.69) is 39.8 Å². The molecule has 0 aliphatic heterocycles. The SMILES string of the molecule is CCC(CN(C)C(=O)CC(C)(C)C)c1ccc(N)cc1. The van der Waals surface area contributed by atoms with Crippen molar-refractivity contribution in [3.8, 4) is 0 Å². The Morgan fingerprint density at radius 3 is 2.25 bits per heavy atom. The molecule has 0 fully saturated rings. The van der Waals surface area contributed by atoms with E-state index < -0.39 is 0 Å². The molecular weight excluding hydrogens is 248 g/mol. The van der Waals surface area contributed by atoms with Gasteiger partial charge in [-0.1, -0.05) is 39.8 Å². The average Bonchev–Trinajstić information content (AvgIpc) is 2.34. The quantitative estimate of drug-likeness (QED) is 0.834. The molecule has 1 aromatic rings. The Balaban J connectivity index is 2.68. The number of likely N-dealkylation sites (N-methyl/N-ethyl adjacent to an activating group) is 1. The van der Waals surface area contributed by atoms with Crippen LogP contribution in [0.2, 0.25) is 0 Å². The summed E-state index contributed by atoms with van der Waals surface area (Å²) in [6.07, 6.45) is 1.60. The van der Waals surface area contributed by atoms with Crippen LogP contribution < -0.4 is 5.73 Å². The van der Waals surface area contributed by atoms with Crippen molar-refractivity contribution in [2.24, 2.45) is 5.41 Å². The fourth-order valence-corrected chi connectivity index (χ4v) is 2.26. The van der Waals surface area contributed by atoms with Crippen molar-refractivity contribution < 1.29 is 4.79 Å². The summed E-state index contributed by atoms with van der Waals surface area (Å²) in [5.41, 5.74) is 7.78. The number of carbonyl (C=O) groups is 1. The maximum atomic E-state index is 12.2. The highest BCUT2D eigenvalue weighted by Gasteiger charge is 2.21. The van der Waals surface area contributed by atoms with Crippen molar-refractivity contribution in [3.05, 3.63) is 29.8 Å². The van der Waals surface area contributed by atoms with Gasteiger partial charge in [-0.05, 0) is 29.5 Å². The normalized spacial score (nSPS) is 13.1. The van der Waals surface area contributed by atoms with E-state index in [9.17, 15) is 4.79 Å². The highest BCUT2D eigenvalue weighted by Crippen LogP contribution is 2.24. The van der Waals surface area contributed by atoms with Gasteiger partial charge in [0.25, 0.3) is 0 Å². The third-order valence-corrected chi connectivity index (χ3v) is 3.50. The molecule has 0 aliphatic rings. The van der Waals surface area contributed by atoms with Crippen LogP contribution in [-0.2, 0) is 4.79 Å². The predicted molar refractivity (Wildman–Crippen MR) is 85.6 cm³/mol. The minimum atomic E-state index is 0.0360. The molecule has 0 bridgehead atoms. The molecule has 1 unspecified atom stereocenters. The van der Waals surface area contributed by atoms with Crippen LogP contribution in [0.5, 0.6) is 0 Å². The van der Waals surface area contributed by atoms with E-state index >= 15 is 0 Å². The molecule has 3 nitrogen and oxygen atoms in total.